The Morgan fingerprint density at radius 1 is 1.04 bits per heavy atom. The Hall–Kier alpha value is -2.18. The quantitative estimate of drug-likeness (QED) is 0.849. The number of sulfonamides is 1. The summed E-state index contributed by atoms with van der Waals surface area (Å²) >= 11 is 0. The topological polar surface area (TPSA) is 75.3 Å². The van der Waals surface area contributed by atoms with Gasteiger partial charge in [-0.15, -0.1) is 0 Å². The first-order chi connectivity index (χ1) is 11.0. The number of benzene rings is 2. The van der Waals surface area contributed by atoms with Crippen molar-refractivity contribution in [3.8, 4) is 0 Å². The van der Waals surface area contributed by atoms with Crippen molar-refractivity contribution in [1.29, 1.82) is 0 Å². The number of amides is 1. The van der Waals surface area contributed by atoms with Crippen LogP contribution in [0.5, 0.6) is 0 Å². The highest BCUT2D eigenvalue weighted by Gasteiger charge is 2.17. The number of carbonyl (C=O) groups excluding carboxylic acids is 1. The smallest absolute Gasteiger partial charge is 0.228 e. The van der Waals surface area contributed by atoms with Crippen LogP contribution in [0, 0.1) is 0 Å². The van der Waals surface area contributed by atoms with E-state index in [2.05, 4.69) is 10.0 Å². The summed E-state index contributed by atoms with van der Waals surface area (Å²) in [5, 5.41) is 2.78. The van der Waals surface area contributed by atoms with Crippen molar-refractivity contribution >= 4 is 21.6 Å². The standard InChI is InChI=1S/C17H18N2O3S/c20-17-11-15-10-13(6-7-16(15)19-17)8-9-18-23(21,22)12-14-4-2-1-3-5-14/h1-7,10,18H,8-9,11-12H2,(H,19,20). The fourth-order valence-corrected chi connectivity index (χ4v) is 3.78. The highest BCUT2D eigenvalue weighted by molar-refractivity contribution is 7.88. The average Bonchev–Trinajstić information content (AvgIpc) is 2.87. The Bertz CT molecular complexity index is 817. The molecule has 1 aliphatic heterocycles. The van der Waals surface area contributed by atoms with Gasteiger partial charge in [0.1, 0.15) is 0 Å². The maximum Gasteiger partial charge on any atom is 0.228 e. The first-order valence-electron chi connectivity index (χ1n) is 7.45. The van der Waals surface area contributed by atoms with Crippen LogP contribution in [0.4, 0.5) is 5.69 Å². The summed E-state index contributed by atoms with van der Waals surface area (Å²) in [7, 11) is -3.34. The zero-order valence-corrected chi connectivity index (χ0v) is 13.4. The molecule has 0 radical (unpaired) electrons. The van der Waals surface area contributed by atoms with Crippen LogP contribution in [-0.4, -0.2) is 20.9 Å². The van der Waals surface area contributed by atoms with E-state index in [1.165, 1.54) is 0 Å². The van der Waals surface area contributed by atoms with Crippen molar-refractivity contribution < 1.29 is 13.2 Å². The monoisotopic (exact) mass is 330 g/mol. The number of hydrogen-bond donors (Lipinski definition) is 2. The van der Waals surface area contributed by atoms with Crippen molar-refractivity contribution in [2.75, 3.05) is 11.9 Å². The van der Waals surface area contributed by atoms with Crippen LogP contribution in [0.2, 0.25) is 0 Å². The molecule has 2 N–H and O–H groups in total. The van der Waals surface area contributed by atoms with Crippen LogP contribution in [0.15, 0.2) is 48.5 Å². The van der Waals surface area contributed by atoms with Crippen LogP contribution in [0.1, 0.15) is 16.7 Å². The number of nitrogens with one attached hydrogen (secondary N) is 2. The first kappa shape index (κ1) is 15.7. The largest absolute Gasteiger partial charge is 0.326 e. The molecule has 6 heteroatoms. The second-order valence-electron chi connectivity index (χ2n) is 5.61. The lowest BCUT2D eigenvalue weighted by molar-refractivity contribution is -0.115. The molecule has 3 rings (SSSR count). The molecule has 23 heavy (non-hydrogen) atoms. The molecule has 0 aromatic heterocycles. The Labute approximate surface area is 135 Å². The third-order valence-electron chi connectivity index (χ3n) is 3.73. The SMILES string of the molecule is O=C1Cc2cc(CCNS(=O)(=O)Cc3ccccc3)ccc2N1. The molecule has 0 saturated heterocycles. The molecular formula is C17H18N2O3S. The summed E-state index contributed by atoms with van der Waals surface area (Å²) in [5.41, 5.74) is 3.60. The van der Waals surface area contributed by atoms with Gasteiger partial charge in [-0.05, 0) is 29.2 Å². The minimum absolute atomic E-state index is 0.000661. The van der Waals surface area contributed by atoms with Gasteiger partial charge in [0.05, 0.1) is 12.2 Å². The molecule has 0 bridgehead atoms. The molecule has 0 saturated carbocycles. The summed E-state index contributed by atoms with van der Waals surface area (Å²) in [6.07, 6.45) is 0.985. The lowest BCUT2D eigenvalue weighted by Gasteiger charge is -2.08. The van der Waals surface area contributed by atoms with Crippen LogP contribution in [0.25, 0.3) is 0 Å². The van der Waals surface area contributed by atoms with Crippen LogP contribution < -0.4 is 10.0 Å². The molecule has 1 amide bonds. The number of hydrogen-bond acceptors (Lipinski definition) is 3. The van der Waals surface area contributed by atoms with Crippen LogP contribution in [-0.2, 0) is 33.4 Å². The van der Waals surface area contributed by atoms with E-state index in [0.29, 0.717) is 19.4 Å². The average molecular weight is 330 g/mol. The maximum atomic E-state index is 12.1. The maximum absolute atomic E-state index is 12.1. The first-order valence-corrected chi connectivity index (χ1v) is 9.10. The predicted octanol–water partition coefficient (Wildman–Crippen LogP) is 1.84. The summed E-state index contributed by atoms with van der Waals surface area (Å²) in [6.45, 7) is 0.343. The molecular weight excluding hydrogens is 312 g/mol. The minimum Gasteiger partial charge on any atom is -0.326 e. The second-order valence-corrected chi connectivity index (χ2v) is 7.41. The van der Waals surface area contributed by atoms with E-state index in [0.717, 1.165) is 22.4 Å². The van der Waals surface area contributed by atoms with Gasteiger partial charge in [-0.3, -0.25) is 4.79 Å². The van der Waals surface area contributed by atoms with E-state index in [1.807, 2.05) is 36.4 Å². The molecule has 2 aromatic carbocycles. The normalized spacial score (nSPS) is 13.7. The molecule has 0 spiro atoms. The van der Waals surface area contributed by atoms with E-state index < -0.39 is 10.0 Å². The zero-order valence-electron chi connectivity index (χ0n) is 12.6. The van der Waals surface area contributed by atoms with Gasteiger partial charge in [0.2, 0.25) is 15.9 Å². The highest BCUT2D eigenvalue weighted by atomic mass is 32.2. The van der Waals surface area contributed by atoms with Gasteiger partial charge in [-0.25, -0.2) is 13.1 Å². The fourth-order valence-electron chi connectivity index (χ4n) is 2.63. The Morgan fingerprint density at radius 3 is 2.61 bits per heavy atom. The summed E-state index contributed by atoms with van der Waals surface area (Å²) in [6, 6.07) is 14.8. The van der Waals surface area contributed by atoms with Gasteiger partial charge in [0.15, 0.2) is 0 Å². The third kappa shape index (κ3) is 4.18. The molecule has 5 nitrogen and oxygen atoms in total. The number of anilines is 1. The van der Waals surface area contributed by atoms with E-state index in [4.69, 9.17) is 0 Å². The van der Waals surface area contributed by atoms with E-state index in [-0.39, 0.29) is 11.7 Å². The van der Waals surface area contributed by atoms with Gasteiger partial charge >= 0.3 is 0 Å². The summed E-state index contributed by atoms with van der Waals surface area (Å²) in [4.78, 5) is 11.3. The number of rotatable bonds is 6. The van der Waals surface area contributed by atoms with Gasteiger partial charge in [0.25, 0.3) is 0 Å². The Balaban J connectivity index is 1.55. The van der Waals surface area contributed by atoms with Crippen LogP contribution >= 0.6 is 0 Å². The zero-order chi connectivity index (χ0) is 16.3. The molecule has 0 fully saturated rings. The van der Waals surface area contributed by atoms with Crippen molar-refractivity contribution in [3.05, 3.63) is 65.2 Å². The third-order valence-corrected chi connectivity index (χ3v) is 5.09. The number of carbonyl (C=O) groups is 1. The second kappa shape index (κ2) is 6.52. The lowest BCUT2D eigenvalue weighted by atomic mass is 10.1. The molecule has 0 aliphatic carbocycles. The van der Waals surface area contributed by atoms with Crippen molar-refractivity contribution in [1.82, 2.24) is 4.72 Å². The van der Waals surface area contributed by atoms with E-state index in [9.17, 15) is 13.2 Å². The van der Waals surface area contributed by atoms with Gasteiger partial charge in [0, 0.05) is 12.2 Å². The van der Waals surface area contributed by atoms with Gasteiger partial charge in [-0.1, -0.05) is 42.5 Å². The molecule has 1 heterocycles. The molecule has 120 valence electrons. The Morgan fingerprint density at radius 2 is 1.83 bits per heavy atom. The molecule has 0 atom stereocenters. The van der Waals surface area contributed by atoms with Gasteiger partial charge in [-0.2, -0.15) is 0 Å². The van der Waals surface area contributed by atoms with E-state index in [1.54, 1.807) is 12.1 Å². The highest BCUT2D eigenvalue weighted by Crippen LogP contribution is 2.23. The minimum atomic E-state index is -3.34. The van der Waals surface area contributed by atoms with Gasteiger partial charge < -0.3 is 5.32 Å². The Kier molecular flexibility index (Phi) is 4.45. The van der Waals surface area contributed by atoms with Crippen LogP contribution in [0.3, 0.4) is 0 Å². The molecule has 1 aliphatic rings. The van der Waals surface area contributed by atoms with Crippen molar-refractivity contribution in [2.45, 2.75) is 18.6 Å². The molecule has 0 unspecified atom stereocenters. The van der Waals surface area contributed by atoms with Crippen molar-refractivity contribution in [3.63, 3.8) is 0 Å². The predicted molar refractivity (Wildman–Crippen MR) is 89.5 cm³/mol. The fraction of sp³-hybridized carbons (Fsp3) is 0.235. The number of fused-ring (bicyclic) bond motifs is 1. The molecule has 2 aromatic rings. The lowest BCUT2D eigenvalue weighted by Crippen LogP contribution is -2.27. The summed E-state index contributed by atoms with van der Waals surface area (Å²) < 4.78 is 26.7. The summed E-state index contributed by atoms with van der Waals surface area (Å²) in [5.74, 6) is -0.0168. The van der Waals surface area contributed by atoms with Crippen molar-refractivity contribution in [2.24, 2.45) is 0 Å². The van der Waals surface area contributed by atoms with E-state index >= 15 is 0 Å².